The van der Waals surface area contributed by atoms with Gasteiger partial charge < -0.3 is 14.1 Å². The lowest BCUT2D eigenvalue weighted by Gasteiger charge is -2.38. The number of furan rings is 1. The number of benzene rings is 1. The highest BCUT2D eigenvalue weighted by atomic mass is 19.1. The number of ether oxygens (including phenoxy) is 1. The van der Waals surface area contributed by atoms with E-state index < -0.39 is 6.04 Å². The molecule has 9 nitrogen and oxygen atoms in total. The van der Waals surface area contributed by atoms with Crippen molar-refractivity contribution in [3.63, 3.8) is 0 Å². The van der Waals surface area contributed by atoms with Gasteiger partial charge in [-0.25, -0.2) is 9.07 Å². The molecule has 0 unspecified atom stereocenters. The second kappa shape index (κ2) is 9.14. The fraction of sp³-hybridized carbons (Fsp3) is 0.400. The summed E-state index contributed by atoms with van der Waals surface area (Å²) in [4.78, 5) is 16.4. The number of aromatic nitrogens is 4. The number of nitrogens with zero attached hydrogens (tertiary/aromatic N) is 6. The van der Waals surface area contributed by atoms with E-state index in [1.807, 2.05) is 0 Å². The third-order valence-corrected chi connectivity index (χ3v) is 5.21. The van der Waals surface area contributed by atoms with Crippen molar-refractivity contribution in [3.8, 4) is 0 Å². The van der Waals surface area contributed by atoms with E-state index in [1.54, 1.807) is 47.0 Å². The third kappa shape index (κ3) is 4.10. The van der Waals surface area contributed by atoms with Gasteiger partial charge >= 0.3 is 0 Å². The van der Waals surface area contributed by atoms with Crippen molar-refractivity contribution in [1.29, 1.82) is 0 Å². The second-order valence-corrected chi connectivity index (χ2v) is 6.98. The van der Waals surface area contributed by atoms with E-state index in [-0.39, 0.29) is 11.7 Å². The molecule has 0 aliphatic carbocycles. The molecule has 3 aromatic rings. The van der Waals surface area contributed by atoms with E-state index in [4.69, 9.17) is 9.15 Å². The van der Waals surface area contributed by atoms with E-state index in [9.17, 15) is 9.18 Å². The summed E-state index contributed by atoms with van der Waals surface area (Å²) in [6.45, 7) is 2.97. The zero-order valence-corrected chi connectivity index (χ0v) is 16.6. The molecule has 1 atom stereocenters. The lowest BCUT2D eigenvalue weighted by Crippen LogP contribution is -2.50. The van der Waals surface area contributed by atoms with Gasteiger partial charge in [-0.15, -0.1) is 5.10 Å². The Morgan fingerprint density at radius 3 is 2.70 bits per heavy atom. The van der Waals surface area contributed by atoms with Gasteiger partial charge in [-0.1, -0.05) is 18.2 Å². The molecule has 3 heterocycles. The Morgan fingerprint density at radius 2 is 2.00 bits per heavy atom. The lowest BCUT2D eigenvalue weighted by molar-refractivity contribution is 0.0555. The van der Waals surface area contributed by atoms with Crippen LogP contribution in [0.3, 0.4) is 0 Å². The minimum atomic E-state index is -0.473. The van der Waals surface area contributed by atoms with Crippen LogP contribution in [0.25, 0.3) is 0 Å². The zero-order valence-electron chi connectivity index (χ0n) is 16.6. The molecular formula is C20H23FN6O3. The fourth-order valence-electron chi connectivity index (χ4n) is 3.68. The van der Waals surface area contributed by atoms with Gasteiger partial charge in [-0.3, -0.25) is 9.69 Å². The first-order valence-electron chi connectivity index (χ1n) is 9.75. The topological polar surface area (TPSA) is 89.5 Å². The Hall–Kier alpha value is -3.11. The Balaban J connectivity index is 1.58. The number of halogens is 1. The summed E-state index contributed by atoms with van der Waals surface area (Å²) in [5.74, 6) is 0.394. The molecule has 1 aliphatic rings. The van der Waals surface area contributed by atoms with Crippen molar-refractivity contribution in [2.24, 2.45) is 0 Å². The molecule has 1 saturated heterocycles. The van der Waals surface area contributed by atoms with Crippen LogP contribution in [-0.2, 0) is 11.3 Å². The summed E-state index contributed by atoms with van der Waals surface area (Å²) in [6, 6.07) is 9.50. The maximum absolute atomic E-state index is 14.8. The highest BCUT2D eigenvalue weighted by molar-refractivity contribution is 5.91. The quantitative estimate of drug-likeness (QED) is 0.580. The van der Waals surface area contributed by atoms with Gasteiger partial charge in [-0.2, -0.15) is 0 Å². The van der Waals surface area contributed by atoms with Crippen LogP contribution in [0, 0.1) is 5.82 Å². The maximum Gasteiger partial charge on any atom is 0.289 e. The summed E-state index contributed by atoms with van der Waals surface area (Å²) in [6.07, 6.45) is 1.48. The molecular weight excluding hydrogens is 391 g/mol. The van der Waals surface area contributed by atoms with Gasteiger partial charge in [-0.05, 0) is 28.6 Å². The SMILES string of the molecule is COCCn1nnnc1[C@H](c1ccccc1F)N1CCN(C(=O)c2ccco2)CC1. The van der Waals surface area contributed by atoms with Crippen LogP contribution < -0.4 is 0 Å². The first-order chi connectivity index (χ1) is 14.7. The van der Waals surface area contributed by atoms with Crippen LogP contribution in [0.1, 0.15) is 28.0 Å². The monoisotopic (exact) mass is 414 g/mol. The van der Waals surface area contributed by atoms with Gasteiger partial charge in [0.1, 0.15) is 11.9 Å². The predicted octanol–water partition coefficient (Wildman–Crippen LogP) is 1.60. The Morgan fingerprint density at radius 1 is 1.20 bits per heavy atom. The molecule has 0 N–H and O–H groups in total. The van der Waals surface area contributed by atoms with E-state index in [0.717, 1.165) is 0 Å². The van der Waals surface area contributed by atoms with Crippen molar-refractivity contribution in [2.45, 2.75) is 12.6 Å². The van der Waals surface area contributed by atoms with E-state index in [1.165, 1.54) is 12.3 Å². The molecule has 2 aromatic heterocycles. The molecule has 1 aliphatic heterocycles. The summed E-state index contributed by atoms with van der Waals surface area (Å²) >= 11 is 0. The number of hydrogen-bond acceptors (Lipinski definition) is 7. The lowest BCUT2D eigenvalue weighted by atomic mass is 10.0. The highest BCUT2D eigenvalue weighted by Gasteiger charge is 2.33. The van der Waals surface area contributed by atoms with Gasteiger partial charge in [0, 0.05) is 38.9 Å². The molecule has 10 heteroatoms. The van der Waals surface area contributed by atoms with Crippen LogP contribution in [-0.4, -0.2) is 75.8 Å². The Kier molecular flexibility index (Phi) is 6.15. The molecule has 1 amide bonds. The van der Waals surface area contributed by atoms with Crippen LogP contribution >= 0.6 is 0 Å². The minimum Gasteiger partial charge on any atom is -0.459 e. The average molecular weight is 414 g/mol. The van der Waals surface area contributed by atoms with E-state index in [2.05, 4.69) is 20.4 Å². The van der Waals surface area contributed by atoms with Crippen molar-refractivity contribution in [1.82, 2.24) is 30.0 Å². The summed E-state index contributed by atoms with van der Waals surface area (Å²) in [7, 11) is 1.60. The normalized spacial score (nSPS) is 16.0. The minimum absolute atomic E-state index is 0.146. The highest BCUT2D eigenvalue weighted by Crippen LogP contribution is 2.30. The molecule has 1 fully saturated rings. The van der Waals surface area contributed by atoms with Gasteiger partial charge in [0.25, 0.3) is 5.91 Å². The molecule has 4 rings (SSSR count). The maximum atomic E-state index is 14.8. The summed E-state index contributed by atoms with van der Waals surface area (Å²) < 4.78 is 26.8. The molecule has 158 valence electrons. The smallest absolute Gasteiger partial charge is 0.289 e. The van der Waals surface area contributed by atoms with Gasteiger partial charge in [0.15, 0.2) is 11.6 Å². The first-order valence-corrected chi connectivity index (χ1v) is 9.75. The molecule has 0 bridgehead atoms. The zero-order chi connectivity index (χ0) is 20.9. The molecule has 0 spiro atoms. The van der Waals surface area contributed by atoms with E-state index >= 15 is 0 Å². The summed E-state index contributed by atoms with van der Waals surface area (Å²) in [5, 5.41) is 12.1. The largest absolute Gasteiger partial charge is 0.459 e. The predicted molar refractivity (Wildman–Crippen MR) is 104 cm³/mol. The van der Waals surface area contributed by atoms with Crippen LogP contribution in [0.4, 0.5) is 4.39 Å². The first kappa shape index (κ1) is 20.2. The van der Waals surface area contributed by atoms with Gasteiger partial charge in [0.2, 0.25) is 0 Å². The number of amides is 1. The van der Waals surface area contributed by atoms with Crippen molar-refractivity contribution < 1.29 is 18.3 Å². The number of tetrazole rings is 1. The van der Waals surface area contributed by atoms with Crippen LogP contribution in [0.15, 0.2) is 47.1 Å². The average Bonchev–Trinajstić information content (AvgIpc) is 3.46. The van der Waals surface area contributed by atoms with Crippen LogP contribution in [0.2, 0.25) is 0 Å². The second-order valence-electron chi connectivity index (χ2n) is 6.98. The number of hydrogen-bond donors (Lipinski definition) is 0. The number of rotatable bonds is 7. The number of carbonyl (C=O) groups excluding carboxylic acids is 1. The van der Waals surface area contributed by atoms with Gasteiger partial charge in [0.05, 0.1) is 19.4 Å². The Labute approximate surface area is 173 Å². The molecule has 1 aromatic carbocycles. The number of piperazine rings is 1. The van der Waals surface area contributed by atoms with Crippen molar-refractivity contribution in [3.05, 3.63) is 65.6 Å². The standard InChI is InChI=1S/C20H23FN6O3/c1-29-14-12-27-19(22-23-24-27)18(15-5-2-3-6-16(15)21)25-8-10-26(11-9-25)20(28)17-7-4-13-30-17/h2-7,13,18H,8-12,14H2,1H3/t18-/m0/s1. The molecule has 30 heavy (non-hydrogen) atoms. The Bertz CT molecular complexity index is 969. The summed E-state index contributed by atoms with van der Waals surface area (Å²) in [5.41, 5.74) is 0.497. The number of carbonyl (C=O) groups is 1. The number of methoxy groups -OCH3 is 1. The van der Waals surface area contributed by atoms with E-state index in [0.29, 0.717) is 56.5 Å². The van der Waals surface area contributed by atoms with Crippen molar-refractivity contribution >= 4 is 5.91 Å². The van der Waals surface area contributed by atoms with Crippen LogP contribution in [0.5, 0.6) is 0 Å². The van der Waals surface area contributed by atoms with Crippen molar-refractivity contribution in [2.75, 3.05) is 39.9 Å². The third-order valence-electron chi connectivity index (χ3n) is 5.21. The molecule has 0 radical (unpaired) electrons. The fourth-order valence-corrected chi connectivity index (χ4v) is 3.68. The molecule has 0 saturated carbocycles.